The number of aryl methyl sites for hydroxylation is 2. The third-order valence-electron chi connectivity index (χ3n) is 3.61. The number of aromatic nitrogens is 1. The summed E-state index contributed by atoms with van der Waals surface area (Å²) in [6.07, 6.45) is 1.10. The molecule has 1 amide bonds. The zero-order valence-electron chi connectivity index (χ0n) is 12.4. The van der Waals surface area contributed by atoms with Crippen molar-refractivity contribution in [3.8, 4) is 0 Å². The van der Waals surface area contributed by atoms with Gasteiger partial charge in [-0.3, -0.25) is 4.79 Å². The fourth-order valence-corrected chi connectivity index (χ4v) is 2.13. The van der Waals surface area contributed by atoms with E-state index in [-0.39, 0.29) is 5.91 Å². The first-order valence-electron chi connectivity index (χ1n) is 6.87. The fraction of sp³-hybridized carbons (Fsp3) is 0.375. The second kappa shape index (κ2) is 5.90. The Morgan fingerprint density at radius 2 is 1.95 bits per heavy atom. The van der Waals surface area contributed by atoms with E-state index < -0.39 is 0 Å². The standard InChI is InChI=1S/C16H20N2O2/c1-5-10(2)13-6-8-14(9-7-13)17-16(19)15-11(3)18-20-12(15)4/h6-10H,5H2,1-4H3,(H,17,19). The lowest BCUT2D eigenvalue weighted by atomic mass is 9.98. The number of anilines is 1. The molecule has 0 bridgehead atoms. The lowest BCUT2D eigenvalue weighted by Crippen LogP contribution is -2.13. The first kappa shape index (κ1) is 14.3. The molecule has 4 nitrogen and oxygen atoms in total. The molecule has 106 valence electrons. The molecule has 20 heavy (non-hydrogen) atoms. The average Bonchev–Trinajstić information content (AvgIpc) is 2.78. The van der Waals surface area contributed by atoms with E-state index in [0.717, 1.165) is 12.1 Å². The minimum atomic E-state index is -0.183. The number of nitrogens with one attached hydrogen (secondary N) is 1. The molecule has 1 aromatic carbocycles. The Kier molecular flexibility index (Phi) is 4.23. The summed E-state index contributed by atoms with van der Waals surface area (Å²) in [5, 5.41) is 6.66. The van der Waals surface area contributed by atoms with Gasteiger partial charge in [-0.1, -0.05) is 31.1 Å². The van der Waals surface area contributed by atoms with Gasteiger partial charge in [0.25, 0.3) is 5.91 Å². The zero-order chi connectivity index (χ0) is 14.7. The van der Waals surface area contributed by atoms with Gasteiger partial charge >= 0.3 is 0 Å². The second-order valence-corrected chi connectivity index (χ2v) is 5.08. The summed E-state index contributed by atoms with van der Waals surface area (Å²) in [5.74, 6) is 0.885. The number of amides is 1. The van der Waals surface area contributed by atoms with E-state index in [1.807, 2.05) is 12.1 Å². The highest BCUT2D eigenvalue weighted by molar-refractivity contribution is 6.05. The number of rotatable bonds is 4. The van der Waals surface area contributed by atoms with Gasteiger partial charge in [-0.25, -0.2) is 0 Å². The Labute approximate surface area is 119 Å². The van der Waals surface area contributed by atoms with Crippen LogP contribution in [-0.2, 0) is 0 Å². The molecule has 0 saturated heterocycles. The van der Waals surface area contributed by atoms with E-state index in [1.54, 1.807) is 13.8 Å². The van der Waals surface area contributed by atoms with Gasteiger partial charge in [0.15, 0.2) is 0 Å². The molecule has 2 rings (SSSR count). The van der Waals surface area contributed by atoms with Crippen molar-refractivity contribution in [1.82, 2.24) is 5.16 Å². The topological polar surface area (TPSA) is 55.1 Å². The summed E-state index contributed by atoms with van der Waals surface area (Å²) in [6.45, 7) is 7.85. The van der Waals surface area contributed by atoms with E-state index in [4.69, 9.17) is 4.52 Å². The first-order chi connectivity index (χ1) is 9.52. The van der Waals surface area contributed by atoms with Gasteiger partial charge in [0.2, 0.25) is 0 Å². The Hall–Kier alpha value is -2.10. The summed E-state index contributed by atoms with van der Waals surface area (Å²) in [6, 6.07) is 7.96. The zero-order valence-corrected chi connectivity index (χ0v) is 12.4. The molecule has 1 heterocycles. The number of nitrogens with zero attached hydrogens (tertiary/aromatic N) is 1. The monoisotopic (exact) mass is 272 g/mol. The highest BCUT2D eigenvalue weighted by Gasteiger charge is 2.17. The van der Waals surface area contributed by atoms with Crippen LogP contribution in [0.1, 0.15) is 53.6 Å². The van der Waals surface area contributed by atoms with E-state index in [0.29, 0.717) is 22.9 Å². The van der Waals surface area contributed by atoms with E-state index in [9.17, 15) is 4.79 Å². The van der Waals surface area contributed by atoms with Crippen molar-refractivity contribution in [2.45, 2.75) is 40.0 Å². The first-order valence-corrected chi connectivity index (χ1v) is 6.87. The number of benzene rings is 1. The summed E-state index contributed by atoms with van der Waals surface area (Å²) in [5.41, 5.74) is 3.18. The molecule has 0 fully saturated rings. The molecule has 2 aromatic rings. The Bertz CT molecular complexity index is 580. The summed E-state index contributed by atoms with van der Waals surface area (Å²) >= 11 is 0. The van der Waals surface area contributed by atoms with Gasteiger partial charge < -0.3 is 9.84 Å². The van der Waals surface area contributed by atoms with Crippen molar-refractivity contribution in [2.24, 2.45) is 0 Å². The lowest BCUT2D eigenvalue weighted by molar-refractivity contribution is 0.102. The maximum Gasteiger partial charge on any atom is 0.261 e. The molecule has 4 heteroatoms. The largest absolute Gasteiger partial charge is 0.361 e. The summed E-state index contributed by atoms with van der Waals surface area (Å²) in [7, 11) is 0. The van der Waals surface area contributed by atoms with Crippen LogP contribution >= 0.6 is 0 Å². The van der Waals surface area contributed by atoms with Gasteiger partial charge in [-0.05, 0) is 43.9 Å². The van der Waals surface area contributed by atoms with Crippen LogP contribution in [0.25, 0.3) is 0 Å². The van der Waals surface area contributed by atoms with Crippen molar-refractivity contribution < 1.29 is 9.32 Å². The minimum Gasteiger partial charge on any atom is -0.361 e. The molecule has 0 aliphatic carbocycles. The Morgan fingerprint density at radius 3 is 2.45 bits per heavy atom. The van der Waals surface area contributed by atoms with Crippen molar-refractivity contribution in [3.63, 3.8) is 0 Å². The van der Waals surface area contributed by atoms with Gasteiger partial charge in [-0.15, -0.1) is 0 Å². The molecule has 0 saturated carbocycles. The van der Waals surface area contributed by atoms with Gasteiger partial charge in [0, 0.05) is 5.69 Å². The van der Waals surface area contributed by atoms with Crippen LogP contribution in [0, 0.1) is 13.8 Å². The molecule has 0 aliphatic heterocycles. The number of hydrogen-bond acceptors (Lipinski definition) is 3. The van der Waals surface area contributed by atoms with Crippen LogP contribution in [0.3, 0.4) is 0 Å². The molecule has 1 aromatic heterocycles. The van der Waals surface area contributed by atoms with Gasteiger partial charge in [0.1, 0.15) is 11.3 Å². The molecule has 1 N–H and O–H groups in total. The second-order valence-electron chi connectivity index (χ2n) is 5.08. The number of hydrogen-bond donors (Lipinski definition) is 1. The summed E-state index contributed by atoms with van der Waals surface area (Å²) in [4.78, 5) is 12.2. The van der Waals surface area contributed by atoms with Crippen molar-refractivity contribution >= 4 is 11.6 Å². The number of carbonyl (C=O) groups is 1. The Morgan fingerprint density at radius 1 is 1.30 bits per heavy atom. The molecular weight excluding hydrogens is 252 g/mol. The quantitative estimate of drug-likeness (QED) is 0.913. The van der Waals surface area contributed by atoms with Crippen LogP contribution in [-0.4, -0.2) is 11.1 Å². The highest BCUT2D eigenvalue weighted by atomic mass is 16.5. The number of carbonyl (C=O) groups excluding carboxylic acids is 1. The van der Waals surface area contributed by atoms with Crippen molar-refractivity contribution in [3.05, 3.63) is 46.8 Å². The molecule has 0 spiro atoms. The molecule has 0 aliphatic rings. The highest BCUT2D eigenvalue weighted by Crippen LogP contribution is 2.21. The smallest absolute Gasteiger partial charge is 0.261 e. The normalized spacial score (nSPS) is 12.2. The maximum atomic E-state index is 12.2. The van der Waals surface area contributed by atoms with Crippen LogP contribution < -0.4 is 5.32 Å². The van der Waals surface area contributed by atoms with Crippen molar-refractivity contribution in [1.29, 1.82) is 0 Å². The van der Waals surface area contributed by atoms with Crippen LogP contribution in [0.4, 0.5) is 5.69 Å². The Balaban J connectivity index is 2.13. The van der Waals surface area contributed by atoms with Gasteiger partial charge in [-0.2, -0.15) is 0 Å². The summed E-state index contributed by atoms with van der Waals surface area (Å²) < 4.78 is 5.01. The fourth-order valence-electron chi connectivity index (χ4n) is 2.13. The van der Waals surface area contributed by atoms with E-state index in [1.165, 1.54) is 5.56 Å². The predicted octanol–water partition coefficient (Wildman–Crippen LogP) is 4.06. The predicted molar refractivity (Wildman–Crippen MR) is 79.1 cm³/mol. The van der Waals surface area contributed by atoms with Crippen LogP contribution in [0.5, 0.6) is 0 Å². The van der Waals surface area contributed by atoms with Crippen molar-refractivity contribution in [2.75, 3.05) is 5.32 Å². The van der Waals surface area contributed by atoms with E-state index >= 15 is 0 Å². The molecule has 1 atom stereocenters. The molecular formula is C16H20N2O2. The minimum absolute atomic E-state index is 0.183. The van der Waals surface area contributed by atoms with Gasteiger partial charge in [0.05, 0.1) is 5.69 Å². The SMILES string of the molecule is CCC(C)c1ccc(NC(=O)c2c(C)noc2C)cc1. The third-order valence-corrected chi connectivity index (χ3v) is 3.61. The molecule has 0 radical (unpaired) electrons. The van der Waals surface area contributed by atoms with Crippen LogP contribution in [0.15, 0.2) is 28.8 Å². The average molecular weight is 272 g/mol. The van der Waals surface area contributed by atoms with Crippen LogP contribution in [0.2, 0.25) is 0 Å². The van der Waals surface area contributed by atoms with E-state index in [2.05, 4.69) is 36.5 Å². The maximum absolute atomic E-state index is 12.2. The molecule has 1 unspecified atom stereocenters. The third kappa shape index (κ3) is 2.90. The lowest BCUT2D eigenvalue weighted by Gasteiger charge is -2.10.